The van der Waals surface area contributed by atoms with Gasteiger partial charge in [0.1, 0.15) is 73.1 Å². The first-order valence-electron chi connectivity index (χ1n) is 50.6. The smallest absolute Gasteiger partial charge is 0.317 e. The van der Waals surface area contributed by atoms with E-state index in [0.717, 1.165) is 57.8 Å². The predicted molar refractivity (Wildman–Crippen MR) is 551 cm³/mol. The number of guanidine groups is 1. The number of amides is 16. The van der Waals surface area contributed by atoms with Gasteiger partial charge in [0.25, 0.3) is 0 Å². The van der Waals surface area contributed by atoms with Gasteiger partial charge in [-0.05, 0) is 128 Å². The standard InChI is InChI=1S/C91H141N23O26S2.C7H8/c1-56(115)103-64-32-44-141-142-45-33-65(107-85(133)66(46-57-49-100-60-24-13-12-23-59(57)60)108-82(130)62(27-19-37-99-91(94)95)104-73(117)51-102-81(129)67(109-84(64)132)47-58-22-18-36-96-58)89(137)114-40-21-29-71(114)90(138)113-39-20-28-70(113)88(136)106-63(26-14-16-34-92)83(131)110-68(48-77(122)123)86(134)111-69(50-101-74(118)52-112(53-78(124)125)54-79(126)127)87(135)105-61(80(93)128)25-15-17-35-97-75(119)55-140-43-42-139-41-38-98-72(116)30-10-8-6-4-2-3-5-7-9-11-31-76(120)121;1-7-5-3-2-4-6-7/h12-13,22-24,36,49,61-71,100H,2-11,14-21,25-35,37-48,50-55,92H2,1H3,(H2,93,128)(H,97,119)(H,98,116)(H,101,118)(H,102,129)(H,103,115)(H,104,117)(H,105,135)(H,106,136)(H,107,133)(H,108,130)(H,109,132)(H,110,131)(H,111,134)(H,120,121)(H,122,123)(H,124,125)(H,126,127)(H4,94,95,99);2-6H,1H3/t61-,62-,63-,64-,65-,66-,67-,68-,69-,70-,71-;/m0./s1. The molecule has 3 aromatic rings. The molecule has 0 unspecified atom stereocenters. The van der Waals surface area contributed by atoms with Gasteiger partial charge in [0, 0.05) is 119 Å². The molecule has 2 aromatic carbocycles. The molecule has 4 aliphatic heterocycles. The van der Waals surface area contributed by atoms with Crippen LogP contribution in [0.25, 0.3) is 10.9 Å². The summed E-state index contributed by atoms with van der Waals surface area (Å²) in [4.78, 5) is 283. The molecule has 824 valence electrons. The zero-order valence-corrected chi connectivity index (χ0v) is 86.3. The number of nitrogens with zero attached hydrogens (tertiary/aromatic N) is 4. The number of unbranched alkanes of at least 4 members (excludes halogenated alkanes) is 11. The Hall–Kier alpha value is -13.4. The molecule has 0 radical (unpaired) electrons. The molecule has 5 heterocycles. The Kier molecular flexibility index (Phi) is 58.2. The van der Waals surface area contributed by atoms with Gasteiger partial charge in [-0.3, -0.25) is 111 Å². The minimum absolute atomic E-state index is 0.0110. The number of rotatable bonds is 60. The molecule has 0 aliphatic carbocycles. The second-order valence-electron chi connectivity index (χ2n) is 36.6. The monoisotopic (exact) mass is 2130 g/mol. The van der Waals surface area contributed by atoms with Crippen LogP contribution in [-0.2, 0) is 112 Å². The lowest BCUT2D eigenvalue weighted by atomic mass is 10.0. The van der Waals surface area contributed by atoms with Crippen molar-refractivity contribution in [2.75, 3.05) is 110 Å². The number of nitrogens with one attached hydrogen (secondary N) is 16. The first kappa shape index (κ1) is 124. The van der Waals surface area contributed by atoms with Crippen LogP contribution < -0.4 is 91.6 Å². The van der Waals surface area contributed by atoms with E-state index >= 15 is 14.4 Å². The molecule has 0 saturated carbocycles. The Morgan fingerprint density at radius 1 is 0.544 bits per heavy atom. The van der Waals surface area contributed by atoms with Crippen molar-refractivity contribution in [3.63, 3.8) is 0 Å². The van der Waals surface area contributed by atoms with Gasteiger partial charge in [-0.25, -0.2) is 0 Å². The summed E-state index contributed by atoms with van der Waals surface area (Å²) in [5.41, 5.74) is 20.2. The number of ether oxygens (including phenoxy) is 2. The summed E-state index contributed by atoms with van der Waals surface area (Å²) in [6.07, 6.45) is 15.1. The summed E-state index contributed by atoms with van der Waals surface area (Å²) in [5.74, 6) is -19.2. The third-order valence-corrected chi connectivity index (χ3v) is 26.9. The molecule has 3 saturated heterocycles. The van der Waals surface area contributed by atoms with Crippen LogP contribution in [0.1, 0.15) is 204 Å². The van der Waals surface area contributed by atoms with E-state index in [0.29, 0.717) is 46.3 Å². The Morgan fingerprint density at radius 2 is 1.13 bits per heavy atom. The molecule has 7 rings (SSSR count). The number of allylic oxidation sites excluding steroid dienone is 1. The van der Waals surface area contributed by atoms with Crippen LogP contribution in [0.4, 0.5) is 0 Å². The quantitative estimate of drug-likeness (QED) is 0.0143. The molecule has 0 spiro atoms. The number of fused-ring (bicyclic) bond motifs is 1. The van der Waals surface area contributed by atoms with E-state index in [4.69, 9.17) is 37.2 Å². The molecule has 1 aromatic heterocycles. The number of carboxylic acids is 4. The number of benzene rings is 2. The minimum Gasteiger partial charge on any atom is -0.481 e. The lowest BCUT2D eigenvalue weighted by Gasteiger charge is -2.34. The average Bonchev–Trinajstić information content (AvgIpc) is 1.68. The molecule has 51 heteroatoms. The summed E-state index contributed by atoms with van der Waals surface area (Å²) in [7, 11) is 2.49. The Bertz CT molecular complexity index is 4980. The minimum atomic E-state index is -2.11. The van der Waals surface area contributed by atoms with Crippen molar-refractivity contribution in [3.05, 3.63) is 83.7 Å². The van der Waals surface area contributed by atoms with Crippen LogP contribution in [0.3, 0.4) is 0 Å². The zero-order chi connectivity index (χ0) is 109. The highest BCUT2D eigenvalue weighted by Gasteiger charge is 2.46. The number of aromatic nitrogens is 1. The first-order chi connectivity index (χ1) is 71.4. The molecular formula is C98H149N23O26S2. The van der Waals surface area contributed by atoms with Crippen LogP contribution in [0, 0.1) is 12.3 Å². The molecule has 26 N–H and O–H groups in total. The molecule has 3 fully saturated rings. The molecule has 11 atom stereocenters. The number of aromatic amines is 1. The van der Waals surface area contributed by atoms with Crippen molar-refractivity contribution in [3.8, 4) is 0 Å². The van der Waals surface area contributed by atoms with Crippen LogP contribution in [0.15, 0.2) is 77.6 Å². The van der Waals surface area contributed by atoms with Crippen molar-refractivity contribution in [2.24, 2.45) is 22.2 Å². The maximum absolute atomic E-state index is 15.6. The number of aryl methyl sites for hydroxylation is 1. The maximum atomic E-state index is 15.6. The van der Waals surface area contributed by atoms with Crippen molar-refractivity contribution in [1.29, 1.82) is 5.41 Å². The highest BCUT2D eigenvalue weighted by Crippen LogP contribution is 2.30. The second kappa shape index (κ2) is 69.7. The fourth-order valence-corrected chi connectivity index (χ4v) is 19.0. The summed E-state index contributed by atoms with van der Waals surface area (Å²) in [5, 5.41) is 82.4. The Labute approximate surface area is 872 Å². The maximum Gasteiger partial charge on any atom is 0.317 e. The summed E-state index contributed by atoms with van der Waals surface area (Å²) < 4.78 is 10.9. The predicted octanol–water partition coefficient (Wildman–Crippen LogP) is -0.748. The van der Waals surface area contributed by atoms with E-state index < -0.39 is 218 Å². The van der Waals surface area contributed by atoms with Crippen LogP contribution >= 0.6 is 21.6 Å². The lowest BCUT2D eigenvalue weighted by Crippen LogP contribution is -2.61. The zero-order valence-electron chi connectivity index (χ0n) is 84.6. The summed E-state index contributed by atoms with van der Waals surface area (Å²) in [6, 6.07) is 0.707. The number of aliphatic imine (C=N–C) groups is 1. The SMILES string of the molecule is CC(=O)N[C@H]1CCSSCC[C@@H](C(=O)N2CCC[C@H]2C(=O)N2CCC[C@H]2C(=O)N[C@@H](CCCCN)C(=O)N[C@@H](CC(=O)O)C(=O)N[C@@H](CNC(=O)CN(CC(=O)O)CC(=O)O)C(=O)N[C@@H](CCCCNC(=O)COCCOCCNC(=O)CCCCCCCCCCCCC(=O)O)C(N)=O)NC(=O)[C@H](Cc2c[nH]c3ccccc23)NC(=O)[C@H](CCCNC(=N)N)NC(=O)CNC(=O)[C@H](CC2=CCC=N2)NC1=O.Cc1ccccc1. The molecule has 4 aliphatic rings. The third-order valence-electron chi connectivity index (χ3n) is 24.5. The Balaban J connectivity index is 0.00000463. The number of H-pyrrole nitrogens is 1. The molecule has 16 amide bonds. The van der Waals surface area contributed by atoms with Gasteiger partial charge in [0.05, 0.1) is 52.4 Å². The normalized spacial score (nSPS) is 18.6. The van der Waals surface area contributed by atoms with Crippen molar-refractivity contribution in [2.45, 2.75) is 273 Å². The summed E-state index contributed by atoms with van der Waals surface area (Å²) in [6.45, 7) is -0.681. The number of carboxylic acid groups (broad SMARTS) is 4. The topological polar surface area (TPSA) is 749 Å². The number of hydrogen-bond donors (Lipinski definition) is 23. The molecule has 149 heavy (non-hydrogen) atoms. The lowest BCUT2D eigenvalue weighted by molar-refractivity contribution is -0.148. The van der Waals surface area contributed by atoms with Crippen molar-refractivity contribution in [1.82, 2.24) is 94.1 Å². The van der Waals surface area contributed by atoms with Crippen molar-refractivity contribution >= 4 is 163 Å². The first-order valence-corrected chi connectivity index (χ1v) is 53.1. The van der Waals surface area contributed by atoms with E-state index in [1.165, 1.54) is 43.9 Å². The average molecular weight is 2130 g/mol. The number of para-hydroxylation sites is 1. The van der Waals surface area contributed by atoms with Gasteiger partial charge >= 0.3 is 23.9 Å². The van der Waals surface area contributed by atoms with E-state index in [9.17, 15) is 96.8 Å². The van der Waals surface area contributed by atoms with Gasteiger partial charge in [0.15, 0.2) is 5.96 Å². The van der Waals surface area contributed by atoms with Gasteiger partial charge in [-0.2, -0.15) is 0 Å². The number of carbonyl (C=O) groups is 20. The number of carbonyl (C=O) groups excluding carboxylic acids is 16. The molecular weight excluding hydrogens is 1980 g/mol. The van der Waals surface area contributed by atoms with Gasteiger partial charge < -0.3 is 136 Å². The molecule has 0 bridgehead atoms. The van der Waals surface area contributed by atoms with Crippen LogP contribution in [0.5, 0.6) is 0 Å². The van der Waals surface area contributed by atoms with Crippen molar-refractivity contribution < 1.29 is 126 Å². The van der Waals surface area contributed by atoms with Crippen LogP contribution in [-0.4, -0.2) is 347 Å². The largest absolute Gasteiger partial charge is 0.481 e. The van der Waals surface area contributed by atoms with E-state index in [2.05, 4.69) is 103 Å². The number of aliphatic carboxylic acids is 4. The van der Waals surface area contributed by atoms with Gasteiger partial charge in [-0.1, -0.05) is 133 Å². The fourth-order valence-electron chi connectivity index (χ4n) is 16.8. The van der Waals surface area contributed by atoms with Gasteiger partial charge in [-0.15, -0.1) is 0 Å². The number of likely N-dealkylation sites (tertiary alicyclic amines) is 2. The van der Waals surface area contributed by atoms with Gasteiger partial charge in [0.2, 0.25) is 94.5 Å². The third kappa shape index (κ3) is 49.5. The number of primary amides is 1. The highest BCUT2D eigenvalue weighted by atomic mass is 33.1. The van der Waals surface area contributed by atoms with E-state index in [1.807, 2.05) is 18.2 Å². The summed E-state index contributed by atoms with van der Waals surface area (Å²) >= 11 is 0. The fraction of sp³-hybridized carbons (Fsp3) is 0.612. The highest BCUT2D eigenvalue weighted by molar-refractivity contribution is 8.76. The Morgan fingerprint density at radius 3 is 1.77 bits per heavy atom. The molecule has 49 nitrogen and oxygen atoms in total. The number of nitrogens with two attached hydrogens (primary N) is 3. The second-order valence-corrected chi connectivity index (χ2v) is 39.3. The van der Waals surface area contributed by atoms with E-state index in [1.54, 1.807) is 42.8 Å². The van der Waals surface area contributed by atoms with E-state index in [-0.39, 0.29) is 198 Å². The van der Waals surface area contributed by atoms with Crippen LogP contribution in [0.2, 0.25) is 0 Å². The number of hydrogen-bond acceptors (Lipinski definition) is 28.